The van der Waals surface area contributed by atoms with Gasteiger partial charge in [0.2, 0.25) is 11.5 Å². The molecule has 0 aromatic heterocycles. The Morgan fingerprint density at radius 2 is 1.82 bits per heavy atom. The van der Waals surface area contributed by atoms with Crippen molar-refractivity contribution in [2.45, 2.75) is 37.4 Å². The molecule has 2 aromatic rings. The topological polar surface area (TPSA) is 138 Å². The zero-order valence-corrected chi connectivity index (χ0v) is 22.2. The number of amides is 2. The number of hydrogen-bond donors (Lipinski definition) is 2. The number of alkyl halides is 3. The molecular formula is C23H24ClF3N4O6S. The van der Waals surface area contributed by atoms with Crippen LogP contribution in [0.5, 0.6) is 5.75 Å². The van der Waals surface area contributed by atoms with Crippen molar-refractivity contribution in [1.82, 2.24) is 5.32 Å². The number of fused-ring (bicyclic) bond motifs is 1. The summed E-state index contributed by atoms with van der Waals surface area (Å²) in [6, 6.07) is 9.39. The number of nitrogens with zero attached hydrogens (tertiary/aromatic N) is 2. The maximum Gasteiger partial charge on any atom is 0.427 e. The fourth-order valence-electron chi connectivity index (χ4n) is 2.83. The van der Waals surface area contributed by atoms with Gasteiger partial charge >= 0.3 is 12.3 Å². The van der Waals surface area contributed by atoms with Crippen molar-refractivity contribution in [3.63, 3.8) is 0 Å². The Labute approximate surface area is 222 Å². The highest BCUT2D eigenvalue weighted by Crippen LogP contribution is 2.38. The number of rotatable bonds is 4. The normalized spacial score (nSPS) is 13.1. The monoisotopic (exact) mass is 576 g/mol. The molecule has 3 rings (SSSR count). The molecule has 15 heteroatoms. The summed E-state index contributed by atoms with van der Waals surface area (Å²) in [4.78, 5) is 21.5. The first-order chi connectivity index (χ1) is 17.5. The lowest BCUT2D eigenvalue weighted by atomic mass is 10.1. The summed E-state index contributed by atoms with van der Waals surface area (Å²) in [5, 5.41) is 13.8. The number of nitriles is 1. The van der Waals surface area contributed by atoms with E-state index in [-0.39, 0.29) is 51.7 Å². The van der Waals surface area contributed by atoms with Gasteiger partial charge in [0.1, 0.15) is 18.4 Å². The number of hydrogen-bond acceptors (Lipinski definition) is 7. The van der Waals surface area contributed by atoms with E-state index in [4.69, 9.17) is 21.6 Å². The van der Waals surface area contributed by atoms with E-state index < -0.39 is 27.9 Å². The van der Waals surface area contributed by atoms with Gasteiger partial charge in [0.25, 0.3) is 10.0 Å². The van der Waals surface area contributed by atoms with E-state index in [1.807, 2.05) is 6.07 Å². The molecule has 1 heterocycles. The Hall–Kier alpha value is -3.70. The second-order valence-electron chi connectivity index (χ2n) is 8.19. The molecule has 0 fully saturated rings. The number of carbonyl (C=O) groups is 2. The van der Waals surface area contributed by atoms with Crippen molar-refractivity contribution in [2.24, 2.45) is 0 Å². The summed E-state index contributed by atoms with van der Waals surface area (Å²) in [7, 11) is -2.57. The molecule has 0 radical (unpaired) electrons. The second-order valence-corrected chi connectivity index (χ2v) is 10.5. The van der Waals surface area contributed by atoms with Crippen LogP contribution in [-0.2, 0) is 19.6 Å². The minimum Gasteiger partial charge on any atom is -0.489 e. The fourth-order valence-corrected chi connectivity index (χ4v) is 4.47. The van der Waals surface area contributed by atoms with E-state index in [9.17, 15) is 31.2 Å². The Balaban J connectivity index is 0.000000926. The van der Waals surface area contributed by atoms with Gasteiger partial charge in [0, 0.05) is 19.7 Å². The first-order valence-corrected chi connectivity index (χ1v) is 12.6. The predicted octanol–water partition coefficient (Wildman–Crippen LogP) is 4.44. The fraction of sp³-hybridized carbons (Fsp3) is 0.348. The predicted molar refractivity (Wildman–Crippen MR) is 133 cm³/mol. The lowest BCUT2D eigenvalue weighted by Gasteiger charge is -2.31. The molecule has 2 amide bonds. The van der Waals surface area contributed by atoms with Gasteiger partial charge in [-0.25, -0.2) is 13.2 Å². The van der Waals surface area contributed by atoms with Crippen molar-refractivity contribution in [3.05, 3.63) is 47.0 Å². The molecule has 206 valence electrons. The van der Waals surface area contributed by atoms with Crippen LogP contribution >= 0.6 is 11.6 Å². The summed E-state index contributed by atoms with van der Waals surface area (Å²) in [6.45, 7) is 2.81. The van der Waals surface area contributed by atoms with Crippen LogP contribution < -0.4 is 19.7 Å². The molecule has 0 spiro atoms. The third-order valence-corrected chi connectivity index (χ3v) is 7.19. The van der Waals surface area contributed by atoms with Crippen LogP contribution in [0.25, 0.3) is 0 Å². The highest BCUT2D eigenvalue weighted by Gasteiger charge is 2.51. The molecule has 0 bridgehead atoms. The van der Waals surface area contributed by atoms with E-state index in [2.05, 4.69) is 15.4 Å². The van der Waals surface area contributed by atoms with Crippen molar-refractivity contribution in [1.29, 1.82) is 5.26 Å². The second kappa shape index (κ2) is 11.8. The van der Waals surface area contributed by atoms with Crippen LogP contribution in [0.15, 0.2) is 41.3 Å². The van der Waals surface area contributed by atoms with Crippen molar-refractivity contribution in [2.75, 3.05) is 29.8 Å². The number of carbonyl (C=O) groups excluding carboxylic acids is 2. The molecule has 1 aliphatic heterocycles. The highest BCUT2D eigenvalue weighted by atomic mass is 35.5. The number of ether oxygens (including phenoxy) is 2. The SMILES string of the molecule is CC(C)(OC(=O)Nc1ccc2c(c1)N(S(=O)(=O)c1ccc(Cl)c(C#N)c1)CCO2)C(F)(F)F.CNC(C)=O. The first-order valence-electron chi connectivity index (χ1n) is 10.8. The number of benzene rings is 2. The van der Waals surface area contributed by atoms with Gasteiger partial charge in [0.15, 0.2) is 0 Å². The van der Waals surface area contributed by atoms with E-state index >= 15 is 0 Å². The van der Waals surface area contributed by atoms with Crippen molar-refractivity contribution < 1.29 is 40.7 Å². The molecule has 0 unspecified atom stereocenters. The van der Waals surface area contributed by atoms with Crippen molar-refractivity contribution in [3.8, 4) is 11.8 Å². The molecule has 1 aliphatic rings. The Kier molecular flexibility index (Phi) is 9.46. The van der Waals surface area contributed by atoms with Gasteiger partial charge < -0.3 is 14.8 Å². The highest BCUT2D eigenvalue weighted by molar-refractivity contribution is 7.92. The summed E-state index contributed by atoms with van der Waals surface area (Å²) in [6.07, 6.45) is -6.17. The molecule has 2 aromatic carbocycles. The van der Waals surface area contributed by atoms with Gasteiger partial charge in [-0.15, -0.1) is 0 Å². The molecular weight excluding hydrogens is 553 g/mol. The number of sulfonamides is 1. The first kappa shape index (κ1) is 30.5. The molecule has 38 heavy (non-hydrogen) atoms. The lowest BCUT2D eigenvalue weighted by Crippen LogP contribution is -2.44. The Bertz CT molecular complexity index is 1360. The zero-order chi connectivity index (χ0) is 28.9. The molecule has 0 saturated carbocycles. The average molecular weight is 577 g/mol. The van der Waals surface area contributed by atoms with E-state index in [1.165, 1.54) is 37.3 Å². The third kappa shape index (κ3) is 7.20. The summed E-state index contributed by atoms with van der Waals surface area (Å²) >= 11 is 5.88. The Morgan fingerprint density at radius 3 is 2.37 bits per heavy atom. The smallest absolute Gasteiger partial charge is 0.427 e. The van der Waals surface area contributed by atoms with Gasteiger partial charge in [-0.2, -0.15) is 18.4 Å². The maximum atomic E-state index is 13.2. The van der Waals surface area contributed by atoms with Crippen LogP contribution in [0.3, 0.4) is 0 Å². The van der Waals surface area contributed by atoms with E-state index in [0.717, 1.165) is 10.4 Å². The minimum atomic E-state index is -4.79. The van der Waals surface area contributed by atoms with Gasteiger partial charge in [0.05, 0.1) is 27.7 Å². The van der Waals surface area contributed by atoms with Gasteiger partial charge in [-0.3, -0.25) is 14.4 Å². The lowest BCUT2D eigenvalue weighted by molar-refractivity contribution is -0.242. The molecule has 10 nitrogen and oxygen atoms in total. The van der Waals surface area contributed by atoms with Crippen LogP contribution in [0.4, 0.5) is 29.3 Å². The van der Waals surface area contributed by atoms with Gasteiger partial charge in [-0.1, -0.05) is 11.6 Å². The van der Waals surface area contributed by atoms with Crippen LogP contribution in [0.2, 0.25) is 5.02 Å². The summed E-state index contributed by atoms with van der Waals surface area (Å²) in [5.74, 6) is 0.179. The van der Waals surface area contributed by atoms with Crippen LogP contribution in [0, 0.1) is 11.3 Å². The molecule has 0 atom stereocenters. The number of halogens is 4. The molecule has 0 saturated heterocycles. The molecule has 0 aliphatic carbocycles. The number of anilines is 2. The summed E-state index contributed by atoms with van der Waals surface area (Å²) < 4.78 is 76.3. The largest absolute Gasteiger partial charge is 0.489 e. The third-order valence-electron chi connectivity index (χ3n) is 5.05. The zero-order valence-electron chi connectivity index (χ0n) is 20.6. The average Bonchev–Trinajstić information content (AvgIpc) is 2.83. The maximum absolute atomic E-state index is 13.2. The molecule has 2 N–H and O–H groups in total. The van der Waals surface area contributed by atoms with E-state index in [1.54, 1.807) is 7.05 Å². The van der Waals surface area contributed by atoms with E-state index in [0.29, 0.717) is 13.8 Å². The minimum absolute atomic E-state index is 0.00463. The quantitative estimate of drug-likeness (QED) is 0.549. The van der Waals surface area contributed by atoms with Crippen LogP contribution in [0.1, 0.15) is 26.3 Å². The van der Waals surface area contributed by atoms with Crippen LogP contribution in [-0.4, -0.2) is 52.4 Å². The number of nitrogens with one attached hydrogen (secondary N) is 2. The standard InChI is InChI=1S/C20H17ClF3N3O5S.C3H7NO/c1-19(2,20(22,23)24)32-18(28)26-13-3-6-17-16(10-13)27(7-8-31-17)33(29,30)14-4-5-15(21)12(9-14)11-25;1-3(5)4-2/h3-6,9-10H,7-8H2,1-2H3,(H,26,28);1-2H3,(H,4,5). The summed E-state index contributed by atoms with van der Waals surface area (Å²) in [5.41, 5.74) is -2.74. The van der Waals surface area contributed by atoms with Crippen molar-refractivity contribution >= 4 is 45.0 Å². The Morgan fingerprint density at radius 1 is 1.18 bits per heavy atom. The van der Waals surface area contributed by atoms with Gasteiger partial charge in [-0.05, 0) is 50.2 Å².